The lowest BCUT2D eigenvalue weighted by molar-refractivity contribution is 0.110. The van der Waals surface area contributed by atoms with Crippen molar-refractivity contribution >= 4 is 12.6 Å². The molecule has 1 saturated heterocycles. The zero-order chi connectivity index (χ0) is 5.98. The first-order chi connectivity index (χ1) is 3.80. The van der Waals surface area contributed by atoms with Gasteiger partial charge in [0.1, 0.15) is 0 Å². The van der Waals surface area contributed by atoms with Crippen LogP contribution in [0.1, 0.15) is 12.8 Å². The molecule has 2 atom stereocenters. The summed E-state index contributed by atoms with van der Waals surface area (Å²) in [4.78, 5) is 0. The molecule has 0 aliphatic carbocycles. The van der Waals surface area contributed by atoms with Crippen LogP contribution in [0.4, 0.5) is 0 Å². The van der Waals surface area contributed by atoms with Crippen LogP contribution in [0.15, 0.2) is 0 Å². The Kier molecular flexibility index (Phi) is 2.16. The van der Waals surface area contributed by atoms with E-state index in [4.69, 9.17) is 10.5 Å². The van der Waals surface area contributed by atoms with Crippen molar-refractivity contribution in [1.82, 2.24) is 0 Å². The molecule has 2 N–H and O–H groups in total. The van der Waals surface area contributed by atoms with Gasteiger partial charge in [0.15, 0.2) is 0 Å². The zero-order valence-corrected chi connectivity index (χ0v) is 5.60. The molecule has 0 aromatic heterocycles. The molecule has 1 fully saturated rings. The first kappa shape index (κ1) is 6.39. The number of rotatable bonds is 1. The summed E-state index contributed by atoms with van der Waals surface area (Å²) in [5.74, 6) is 0. The van der Waals surface area contributed by atoms with Gasteiger partial charge < -0.3 is 10.5 Å². The summed E-state index contributed by atoms with van der Waals surface area (Å²) in [6.07, 6.45) is 2.42. The number of hydrogen-bond acceptors (Lipinski definition) is 3. The van der Waals surface area contributed by atoms with Crippen molar-refractivity contribution in [2.24, 2.45) is 5.73 Å². The van der Waals surface area contributed by atoms with Crippen LogP contribution in [-0.4, -0.2) is 18.1 Å². The molecule has 0 spiro atoms. The lowest BCUT2D eigenvalue weighted by Gasteiger charge is -2.10. The smallest absolute Gasteiger partial charge is 0.0817 e. The van der Waals surface area contributed by atoms with Crippen LogP contribution < -0.4 is 5.73 Å². The summed E-state index contributed by atoms with van der Waals surface area (Å²) in [5, 5.41) is -0.0856. The van der Waals surface area contributed by atoms with Gasteiger partial charge in [-0.05, 0) is 12.8 Å². The van der Waals surface area contributed by atoms with E-state index in [0.29, 0.717) is 0 Å². The van der Waals surface area contributed by atoms with Gasteiger partial charge in [-0.3, -0.25) is 0 Å². The van der Waals surface area contributed by atoms with Gasteiger partial charge in [0.05, 0.1) is 11.5 Å². The van der Waals surface area contributed by atoms with Gasteiger partial charge in [0.25, 0.3) is 0 Å². The molecule has 0 amide bonds. The second-order valence-electron chi connectivity index (χ2n) is 2.04. The van der Waals surface area contributed by atoms with Gasteiger partial charge >= 0.3 is 0 Å². The van der Waals surface area contributed by atoms with Crippen LogP contribution in [0.3, 0.4) is 0 Å². The Labute approximate surface area is 54.8 Å². The average Bonchev–Trinajstić information content (AvgIpc) is 2.12. The van der Waals surface area contributed by atoms with Crippen LogP contribution in [-0.2, 0) is 4.74 Å². The molecule has 1 rings (SSSR count). The number of thiol groups is 1. The maximum atomic E-state index is 5.44. The summed E-state index contributed by atoms with van der Waals surface area (Å²) < 4.78 is 5.21. The Morgan fingerprint density at radius 2 is 2.50 bits per heavy atom. The van der Waals surface area contributed by atoms with Crippen molar-refractivity contribution in [2.45, 2.75) is 24.3 Å². The highest BCUT2D eigenvalue weighted by atomic mass is 32.1. The summed E-state index contributed by atoms with van der Waals surface area (Å²) >= 11 is 4.05. The van der Waals surface area contributed by atoms with Gasteiger partial charge in [-0.25, -0.2) is 0 Å². The van der Waals surface area contributed by atoms with E-state index < -0.39 is 0 Å². The molecule has 1 aliphatic rings. The van der Waals surface area contributed by atoms with E-state index in [-0.39, 0.29) is 11.5 Å². The van der Waals surface area contributed by atoms with Crippen molar-refractivity contribution in [3.8, 4) is 0 Å². The maximum Gasteiger partial charge on any atom is 0.0817 e. The van der Waals surface area contributed by atoms with Gasteiger partial charge in [-0.2, -0.15) is 12.6 Å². The third-order valence-electron chi connectivity index (χ3n) is 1.35. The lowest BCUT2D eigenvalue weighted by atomic mass is 10.2. The van der Waals surface area contributed by atoms with Crippen LogP contribution in [0.5, 0.6) is 0 Å². The maximum absolute atomic E-state index is 5.44. The lowest BCUT2D eigenvalue weighted by Crippen LogP contribution is -2.28. The van der Waals surface area contributed by atoms with E-state index in [0.717, 1.165) is 19.4 Å². The van der Waals surface area contributed by atoms with E-state index in [1.807, 2.05) is 0 Å². The van der Waals surface area contributed by atoms with Gasteiger partial charge in [-0.15, -0.1) is 0 Å². The third-order valence-corrected chi connectivity index (χ3v) is 1.68. The van der Waals surface area contributed by atoms with Crippen LogP contribution in [0.2, 0.25) is 0 Å². The molecule has 2 nitrogen and oxygen atoms in total. The molecule has 3 heteroatoms. The van der Waals surface area contributed by atoms with Gasteiger partial charge in [-0.1, -0.05) is 0 Å². The highest BCUT2D eigenvalue weighted by Gasteiger charge is 2.19. The Hall–Kier alpha value is 0.270. The quantitative estimate of drug-likeness (QED) is 0.400. The third kappa shape index (κ3) is 1.37. The predicted octanol–water partition coefficient (Wildman–Crippen LogP) is 0.380. The molecule has 48 valence electrons. The molecule has 2 unspecified atom stereocenters. The second kappa shape index (κ2) is 2.71. The molecular weight excluding hydrogens is 122 g/mol. The first-order valence-electron chi connectivity index (χ1n) is 2.86. The fourth-order valence-electron chi connectivity index (χ4n) is 0.872. The molecule has 0 bridgehead atoms. The topological polar surface area (TPSA) is 35.2 Å². The Morgan fingerprint density at radius 3 is 2.75 bits per heavy atom. The first-order valence-corrected chi connectivity index (χ1v) is 3.37. The largest absolute Gasteiger partial charge is 0.376 e. The Balaban J connectivity index is 2.24. The van der Waals surface area contributed by atoms with Gasteiger partial charge in [0, 0.05) is 6.61 Å². The molecule has 0 aromatic carbocycles. The van der Waals surface area contributed by atoms with Crippen molar-refractivity contribution in [1.29, 1.82) is 0 Å². The van der Waals surface area contributed by atoms with Gasteiger partial charge in [0.2, 0.25) is 0 Å². The molecule has 0 aromatic rings. The minimum absolute atomic E-state index is 0.0856. The van der Waals surface area contributed by atoms with Crippen molar-refractivity contribution in [2.75, 3.05) is 6.61 Å². The van der Waals surface area contributed by atoms with E-state index in [9.17, 15) is 0 Å². The summed E-state index contributed by atoms with van der Waals surface area (Å²) in [5.41, 5.74) is 5.44. The van der Waals surface area contributed by atoms with Crippen molar-refractivity contribution in [3.05, 3.63) is 0 Å². The molecule has 0 radical (unpaired) electrons. The minimum atomic E-state index is -0.0856. The fraction of sp³-hybridized carbons (Fsp3) is 1.00. The number of nitrogens with two attached hydrogens (primary N) is 1. The van der Waals surface area contributed by atoms with E-state index in [1.165, 1.54) is 0 Å². The number of ether oxygens (including phenoxy) is 1. The van der Waals surface area contributed by atoms with Crippen LogP contribution in [0, 0.1) is 0 Å². The second-order valence-corrected chi connectivity index (χ2v) is 2.64. The van der Waals surface area contributed by atoms with Crippen molar-refractivity contribution < 1.29 is 4.74 Å². The molecular formula is C5H11NOS. The highest BCUT2D eigenvalue weighted by Crippen LogP contribution is 2.15. The molecule has 1 aliphatic heterocycles. The average molecular weight is 133 g/mol. The predicted molar refractivity (Wildman–Crippen MR) is 35.9 cm³/mol. The summed E-state index contributed by atoms with van der Waals surface area (Å²) in [7, 11) is 0. The van der Waals surface area contributed by atoms with Crippen LogP contribution >= 0.6 is 12.6 Å². The summed E-state index contributed by atoms with van der Waals surface area (Å²) in [6.45, 7) is 0.860. The zero-order valence-electron chi connectivity index (χ0n) is 4.71. The Morgan fingerprint density at radius 1 is 1.75 bits per heavy atom. The van der Waals surface area contributed by atoms with Crippen LogP contribution in [0.25, 0.3) is 0 Å². The molecule has 8 heavy (non-hydrogen) atoms. The minimum Gasteiger partial charge on any atom is -0.376 e. The Bertz CT molecular complexity index is 70.8. The fourth-order valence-corrected chi connectivity index (χ4v) is 1.11. The van der Waals surface area contributed by atoms with E-state index in [2.05, 4.69) is 12.6 Å². The molecule has 0 saturated carbocycles. The standard InChI is InChI=1S/C5H11NOS/c6-5(8)4-2-1-3-7-4/h4-5,8H,1-3,6H2. The van der Waals surface area contributed by atoms with E-state index >= 15 is 0 Å². The van der Waals surface area contributed by atoms with E-state index in [1.54, 1.807) is 0 Å². The monoisotopic (exact) mass is 133 g/mol. The summed E-state index contributed by atoms with van der Waals surface area (Å²) in [6, 6.07) is 0. The highest BCUT2D eigenvalue weighted by molar-refractivity contribution is 7.80. The normalized spacial score (nSPS) is 33.0. The number of hydrogen-bond donors (Lipinski definition) is 2. The SMILES string of the molecule is NC(S)C1CCCO1. The van der Waals surface area contributed by atoms with Crippen molar-refractivity contribution in [3.63, 3.8) is 0 Å². The molecule has 1 heterocycles.